The molecule has 0 radical (unpaired) electrons. The lowest BCUT2D eigenvalue weighted by atomic mass is 10.1. The van der Waals surface area contributed by atoms with Crippen molar-refractivity contribution in [1.29, 1.82) is 0 Å². The highest BCUT2D eigenvalue weighted by atomic mass is 32.2. The molecule has 2 aromatic heterocycles. The van der Waals surface area contributed by atoms with Crippen LogP contribution in [0.3, 0.4) is 0 Å². The Bertz CT molecular complexity index is 1300. The average molecular weight is 504 g/mol. The summed E-state index contributed by atoms with van der Waals surface area (Å²) in [5.74, 6) is -1.85. The van der Waals surface area contributed by atoms with Gasteiger partial charge in [-0.15, -0.1) is 11.3 Å². The summed E-state index contributed by atoms with van der Waals surface area (Å²) in [4.78, 5) is 38.2. The Morgan fingerprint density at radius 3 is 2.56 bits per heavy atom. The average Bonchev–Trinajstić information content (AvgIpc) is 3.30. The van der Waals surface area contributed by atoms with Crippen LogP contribution < -0.4 is 15.0 Å². The monoisotopic (exact) mass is 503 g/mol. The second-order valence-electron chi connectivity index (χ2n) is 7.59. The van der Waals surface area contributed by atoms with Crippen LogP contribution in [0.15, 0.2) is 46.9 Å². The molecule has 0 spiro atoms. The third-order valence-corrected chi connectivity index (χ3v) is 7.17. The molecule has 1 saturated heterocycles. The predicted molar refractivity (Wildman–Crippen MR) is 124 cm³/mol. The van der Waals surface area contributed by atoms with E-state index < -0.39 is 21.7 Å². The maximum absolute atomic E-state index is 12.7. The van der Waals surface area contributed by atoms with Crippen LogP contribution in [-0.4, -0.2) is 65.8 Å². The van der Waals surface area contributed by atoms with Crippen molar-refractivity contribution in [3.63, 3.8) is 0 Å². The van der Waals surface area contributed by atoms with Gasteiger partial charge in [-0.1, -0.05) is 0 Å². The fourth-order valence-corrected chi connectivity index (χ4v) is 5.14. The summed E-state index contributed by atoms with van der Waals surface area (Å²) in [5, 5.41) is 13.9. The lowest BCUT2D eigenvalue weighted by molar-refractivity contribution is 0.0696. The Morgan fingerprint density at radius 2 is 1.91 bits per heavy atom. The number of thiazole rings is 1. The molecular weight excluding hydrogens is 482 g/mol. The van der Waals surface area contributed by atoms with Gasteiger partial charge >= 0.3 is 12.0 Å². The Labute approximate surface area is 199 Å². The molecule has 2 N–H and O–H groups in total. The number of hydrogen-bond acceptors (Lipinski definition) is 10. The number of rotatable bonds is 7. The highest BCUT2D eigenvalue weighted by Crippen LogP contribution is 2.27. The van der Waals surface area contributed by atoms with E-state index >= 15 is 0 Å². The van der Waals surface area contributed by atoms with Crippen molar-refractivity contribution in [3.8, 4) is 6.01 Å². The smallest absolute Gasteiger partial charge is 0.335 e. The molecule has 0 aliphatic carbocycles. The molecule has 1 aromatic carbocycles. The van der Waals surface area contributed by atoms with E-state index in [0.29, 0.717) is 24.2 Å². The number of carboxylic acid groups (broad SMARTS) is 1. The molecule has 13 heteroatoms. The lowest BCUT2D eigenvalue weighted by Gasteiger charge is -2.31. The summed E-state index contributed by atoms with van der Waals surface area (Å²) in [6.07, 6.45) is 5.67. The van der Waals surface area contributed by atoms with Crippen LogP contribution in [0.4, 0.5) is 10.8 Å². The molecule has 3 aromatic rings. The zero-order valence-corrected chi connectivity index (χ0v) is 19.7. The van der Waals surface area contributed by atoms with E-state index in [1.165, 1.54) is 23.5 Å². The van der Waals surface area contributed by atoms with Crippen molar-refractivity contribution in [2.45, 2.75) is 23.8 Å². The maximum Gasteiger partial charge on any atom is 0.335 e. The number of hydrogen-bond donors (Lipinski definition) is 2. The van der Waals surface area contributed by atoms with Crippen LogP contribution in [0.2, 0.25) is 0 Å². The summed E-state index contributed by atoms with van der Waals surface area (Å²) in [6, 6.07) is 5.57. The number of piperidine rings is 1. The molecule has 3 heterocycles. The Balaban J connectivity index is 1.41. The van der Waals surface area contributed by atoms with E-state index in [-0.39, 0.29) is 27.9 Å². The van der Waals surface area contributed by atoms with Gasteiger partial charge in [0.15, 0.2) is 15.0 Å². The fraction of sp³-hybridized carbons (Fsp3) is 0.286. The molecule has 178 valence electrons. The van der Waals surface area contributed by atoms with Crippen molar-refractivity contribution in [3.05, 3.63) is 53.3 Å². The van der Waals surface area contributed by atoms with E-state index in [1.54, 1.807) is 23.8 Å². The first kappa shape index (κ1) is 23.6. The second-order valence-corrected chi connectivity index (χ2v) is 10.4. The highest BCUT2D eigenvalue weighted by molar-refractivity contribution is 7.90. The van der Waals surface area contributed by atoms with Crippen LogP contribution >= 0.6 is 11.3 Å². The normalized spacial score (nSPS) is 14.6. The van der Waals surface area contributed by atoms with Crippen molar-refractivity contribution < 1.29 is 27.9 Å². The first-order valence-corrected chi connectivity index (χ1v) is 13.0. The minimum Gasteiger partial charge on any atom is -0.478 e. The van der Waals surface area contributed by atoms with Crippen LogP contribution in [-0.2, 0) is 9.84 Å². The number of ether oxygens (including phenoxy) is 1. The zero-order valence-electron chi connectivity index (χ0n) is 18.0. The summed E-state index contributed by atoms with van der Waals surface area (Å²) < 4.78 is 30.0. The van der Waals surface area contributed by atoms with Crippen molar-refractivity contribution >= 4 is 43.9 Å². The molecule has 0 saturated carbocycles. The van der Waals surface area contributed by atoms with Gasteiger partial charge in [0.1, 0.15) is 11.8 Å². The molecular formula is C21H21N5O6S2. The highest BCUT2D eigenvalue weighted by Gasteiger charge is 2.25. The van der Waals surface area contributed by atoms with E-state index in [0.717, 1.165) is 25.2 Å². The quantitative estimate of drug-likeness (QED) is 0.491. The van der Waals surface area contributed by atoms with Crippen molar-refractivity contribution in [2.24, 2.45) is 0 Å². The largest absolute Gasteiger partial charge is 0.478 e. The van der Waals surface area contributed by atoms with Crippen LogP contribution in [0.5, 0.6) is 6.01 Å². The number of aromatic nitrogens is 3. The van der Waals surface area contributed by atoms with Gasteiger partial charge in [0.2, 0.25) is 0 Å². The van der Waals surface area contributed by atoms with Gasteiger partial charge in [-0.2, -0.15) is 0 Å². The van der Waals surface area contributed by atoms with Gasteiger partial charge < -0.3 is 20.1 Å². The van der Waals surface area contributed by atoms with Gasteiger partial charge in [-0.05, 0) is 24.3 Å². The van der Waals surface area contributed by atoms with E-state index in [2.05, 4.69) is 25.2 Å². The number of amides is 1. The second kappa shape index (κ2) is 9.73. The van der Waals surface area contributed by atoms with Crippen molar-refractivity contribution in [2.75, 3.05) is 29.6 Å². The van der Waals surface area contributed by atoms with Crippen LogP contribution in [0.25, 0.3) is 0 Å². The molecule has 34 heavy (non-hydrogen) atoms. The number of nitrogens with one attached hydrogen (secondary N) is 1. The number of carboxylic acids is 1. The molecule has 1 aliphatic rings. The number of nitrogens with zero attached hydrogens (tertiary/aromatic N) is 4. The van der Waals surface area contributed by atoms with Gasteiger partial charge in [0, 0.05) is 50.0 Å². The molecule has 11 nitrogen and oxygen atoms in total. The topological polar surface area (TPSA) is 152 Å². The molecule has 4 rings (SSSR count). The number of sulfone groups is 1. The maximum atomic E-state index is 12.7. The number of carbonyl (C=O) groups excluding carboxylic acids is 1. The van der Waals surface area contributed by atoms with Crippen molar-refractivity contribution in [1.82, 2.24) is 15.0 Å². The first-order valence-electron chi connectivity index (χ1n) is 10.2. The van der Waals surface area contributed by atoms with E-state index in [1.807, 2.05) is 0 Å². The minimum atomic E-state index is -3.78. The first-order chi connectivity index (χ1) is 16.2. The third-order valence-electron chi connectivity index (χ3n) is 5.13. The zero-order chi connectivity index (χ0) is 24.3. The lowest BCUT2D eigenvalue weighted by Crippen LogP contribution is -2.38. The molecule has 1 aliphatic heterocycles. The van der Waals surface area contributed by atoms with Gasteiger partial charge in [0.05, 0.1) is 16.1 Å². The van der Waals surface area contributed by atoms with E-state index in [4.69, 9.17) is 9.84 Å². The summed E-state index contributed by atoms with van der Waals surface area (Å²) in [5.41, 5.74) is -0.0634. The number of benzene rings is 1. The SMILES string of the molecule is CS(=O)(=O)c1cc(C(=O)O)ccc1NC(=O)c1csc(N2CCC(Oc3ncccn3)CC2)n1. The number of carbonyl (C=O) groups is 2. The number of aromatic carboxylic acids is 1. The standard InChI is InChI=1S/C21H21N5O6S2/c1-34(30,31)17-11-13(19(28)29)3-4-15(17)24-18(27)16-12-33-21(25-16)26-9-5-14(6-10-26)32-20-22-7-2-8-23-20/h2-4,7-8,11-12,14H,5-6,9-10H2,1H3,(H,24,27)(H,28,29). The van der Waals surface area contributed by atoms with Crippen LogP contribution in [0, 0.1) is 0 Å². The minimum absolute atomic E-state index is 0.00635. The van der Waals surface area contributed by atoms with Crippen LogP contribution in [0.1, 0.15) is 33.7 Å². The predicted octanol–water partition coefficient (Wildman–Crippen LogP) is 2.33. The van der Waals surface area contributed by atoms with Gasteiger partial charge in [-0.25, -0.2) is 28.2 Å². The van der Waals surface area contributed by atoms with Gasteiger partial charge in [-0.3, -0.25) is 4.79 Å². The Kier molecular flexibility index (Phi) is 6.75. The Hall–Kier alpha value is -3.58. The summed E-state index contributed by atoms with van der Waals surface area (Å²) >= 11 is 1.31. The Morgan fingerprint density at radius 1 is 1.21 bits per heavy atom. The number of anilines is 2. The van der Waals surface area contributed by atoms with Gasteiger partial charge in [0.25, 0.3) is 5.91 Å². The summed E-state index contributed by atoms with van der Waals surface area (Å²) in [7, 11) is -3.78. The van der Waals surface area contributed by atoms with E-state index in [9.17, 15) is 18.0 Å². The fourth-order valence-electron chi connectivity index (χ4n) is 3.43. The third kappa shape index (κ3) is 5.48. The molecule has 0 bridgehead atoms. The molecule has 0 unspecified atom stereocenters. The molecule has 0 atom stereocenters. The molecule has 1 amide bonds. The molecule has 1 fully saturated rings. The summed E-state index contributed by atoms with van der Waals surface area (Å²) in [6.45, 7) is 1.36.